The monoisotopic (exact) mass is 373 g/mol. The number of piperidine rings is 1. The number of pyridine rings is 1. The van der Waals surface area contributed by atoms with Gasteiger partial charge in [0.25, 0.3) is 0 Å². The summed E-state index contributed by atoms with van der Waals surface area (Å²) in [7, 11) is 0. The summed E-state index contributed by atoms with van der Waals surface area (Å²) >= 11 is 6.07. The largest absolute Gasteiger partial charge is 0.465 e. The minimum Gasteiger partial charge on any atom is -0.465 e. The molecule has 0 bridgehead atoms. The number of nitrogens with zero attached hydrogens (tertiary/aromatic N) is 7. The maximum absolute atomic E-state index is 11.6. The van der Waals surface area contributed by atoms with Gasteiger partial charge < -0.3 is 14.9 Å². The Labute approximate surface area is 153 Å². The van der Waals surface area contributed by atoms with E-state index in [0.29, 0.717) is 41.1 Å². The number of hydrogen-bond acceptors (Lipinski definition) is 6. The Balaban J connectivity index is 1.60. The summed E-state index contributed by atoms with van der Waals surface area (Å²) in [6.45, 7) is 1.95. The molecule has 3 aromatic rings. The third-order valence-corrected chi connectivity index (χ3v) is 5.57. The van der Waals surface area contributed by atoms with Gasteiger partial charge in [-0.2, -0.15) is 0 Å². The number of hydrogen-bond donors (Lipinski definition) is 1. The lowest BCUT2D eigenvalue weighted by Gasteiger charge is -2.34. The predicted octanol–water partition coefficient (Wildman–Crippen LogP) is 1.90. The molecule has 134 valence electrons. The Morgan fingerprint density at radius 1 is 1.35 bits per heavy atom. The molecule has 0 aromatic carbocycles. The van der Waals surface area contributed by atoms with Crippen LogP contribution in [0.2, 0.25) is 5.02 Å². The van der Waals surface area contributed by atoms with Gasteiger partial charge in [-0.05, 0) is 24.8 Å². The first-order chi connectivity index (χ1) is 12.6. The molecule has 2 fully saturated rings. The van der Waals surface area contributed by atoms with E-state index in [9.17, 15) is 9.90 Å². The maximum atomic E-state index is 11.6. The smallest absolute Gasteiger partial charge is 0.407 e. The van der Waals surface area contributed by atoms with Crippen LogP contribution in [0.25, 0.3) is 16.8 Å². The third-order valence-electron chi connectivity index (χ3n) is 5.36. The fourth-order valence-electron chi connectivity index (χ4n) is 4.20. The highest BCUT2D eigenvalue weighted by molar-refractivity contribution is 6.31. The predicted molar refractivity (Wildman–Crippen MR) is 94.5 cm³/mol. The number of rotatable bonds is 1. The molecule has 2 atom stereocenters. The van der Waals surface area contributed by atoms with Gasteiger partial charge in [0.1, 0.15) is 6.33 Å². The summed E-state index contributed by atoms with van der Waals surface area (Å²) < 4.78 is 1.83. The molecule has 9 nitrogen and oxygen atoms in total. The zero-order valence-electron chi connectivity index (χ0n) is 13.8. The summed E-state index contributed by atoms with van der Waals surface area (Å²) in [5.74, 6) is 0.989. The number of anilines is 1. The molecule has 2 aliphatic rings. The molecular formula is C16H16ClN7O2. The van der Waals surface area contributed by atoms with Crippen molar-refractivity contribution in [1.82, 2.24) is 29.5 Å². The Morgan fingerprint density at radius 2 is 2.23 bits per heavy atom. The molecule has 2 saturated heterocycles. The van der Waals surface area contributed by atoms with E-state index < -0.39 is 6.09 Å². The van der Waals surface area contributed by atoms with Crippen molar-refractivity contribution in [3.8, 4) is 0 Å². The highest BCUT2D eigenvalue weighted by Gasteiger charge is 2.42. The molecule has 2 aliphatic heterocycles. The first kappa shape index (κ1) is 15.6. The van der Waals surface area contributed by atoms with Gasteiger partial charge in [0.15, 0.2) is 11.5 Å². The van der Waals surface area contributed by atoms with Crippen molar-refractivity contribution < 1.29 is 9.90 Å². The zero-order valence-corrected chi connectivity index (χ0v) is 14.5. The average molecular weight is 374 g/mol. The quantitative estimate of drug-likeness (QED) is 0.695. The van der Waals surface area contributed by atoms with Gasteiger partial charge in [-0.25, -0.2) is 14.8 Å². The van der Waals surface area contributed by atoms with Crippen LogP contribution in [-0.2, 0) is 0 Å². The molecular weight excluding hydrogens is 358 g/mol. The first-order valence-electron chi connectivity index (χ1n) is 8.51. The van der Waals surface area contributed by atoms with Crippen molar-refractivity contribution in [2.75, 3.05) is 24.5 Å². The molecule has 26 heavy (non-hydrogen) atoms. The van der Waals surface area contributed by atoms with Gasteiger partial charge in [0.2, 0.25) is 5.65 Å². The standard InChI is InChI=1S/C16H16ClN7O2/c17-10-4-11-13(18-5-10)20-14(15-21-19-8-24(11)15)22-6-9-2-1-3-23(16(25)26)12(9)7-22/h4-5,8-9,12H,1-3,6-7H2,(H,25,26). The molecule has 10 heteroatoms. The van der Waals surface area contributed by atoms with E-state index >= 15 is 0 Å². The van der Waals surface area contributed by atoms with E-state index in [-0.39, 0.29) is 6.04 Å². The molecule has 0 aliphatic carbocycles. The maximum Gasteiger partial charge on any atom is 0.407 e. The van der Waals surface area contributed by atoms with E-state index in [1.807, 2.05) is 4.40 Å². The van der Waals surface area contributed by atoms with Crippen LogP contribution >= 0.6 is 11.6 Å². The Morgan fingerprint density at radius 3 is 3.08 bits per heavy atom. The van der Waals surface area contributed by atoms with E-state index in [2.05, 4.69) is 20.1 Å². The van der Waals surface area contributed by atoms with Crippen molar-refractivity contribution in [2.45, 2.75) is 18.9 Å². The van der Waals surface area contributed by atoms with E-state index in [1.165, 1.54) is 0 Å². The van der Waals surface area contributed by atoms with Crippen LogP contribution < -0.4 is 4.90 Å². The molecule has 1 amide bonds. The second-order valence-electron chi connectivity index (χ2n) is 6.81. The fourth-order valence-corrected chi connectivity index (χ4v) is 4.35. The van der Waals surface area contributed by atoms with Crippen LogP contribution in [0.3, 0.4) is 0 Å². The average Bonchev–Trinajstić information content (AvgIpc) is 3.27. The minimum atomic E-state index is -0.850. The van der Waals surface area contributed by atoms with Crippen LogP contribution in [0, 0.1) is 5.92 Å². The summed E-state index contributed by atoms with van der Waals surface area (Å²) in [6.07, 6.45) is 4.25. The molecule has 0 saturated carbocycles. The van der Waals surface area contributed by atoms with Gasteiger partial charge in [0.05, 0.1) is 16.6 Å². The van der Waals surface area contributed by atoms with Crippen LogP contribution in [-0.4, -0.2) is 66.3 Å². The summed E-state index contributed by atoms with van der Waals surface area (Å²) in [6, 6.07) is 1.77. The van der Waals surface area contributed by atoms with Crippen molar-refractivity contribution in [3.05, 3.63) is 23.6 Å². The van der Waals surface area contributed by atoms with Gasteiger partial charge >= 0.3 is 6.09 Å². The zero-order chi connectivity index (χ0) is 17.8. The second-order valence-corrected chi connectivity index (χ2v) is 7.24. The van der Waals surface area contributed by atoms with Crippen molar-refractivity contribution in [3.63, 3.8) is 0 Å². The van der Waals surface area contributed by atoms with E-state index in [1.54, 1.807) is 23.5 Å². The number of halogens is 1. The number of fused-ring (bicyclic) bond motifs is 4. The van der Waals surface area contributed by atoms with Crippen LogP contribution in [0.15, 0.2) is 18.6 Å². The van der Waals surface area contributed by atoms with Gasteiger partial charge in [-0.3, -0.25) is 4.40 Å². The van der Waals surface area contributed by atoms with E-state index in [4.69, 9.17) is 16.6 Å². The normalized spacial score (nSPS) is 23.0. The summed E-state index contributed by atoms with van der Waals surface area (Å²) in [4.78, 5) is 24.3. The van der Waals surface area contributed by atoms with Crippen molar-refractivity contribution >= 4 is 40.3 Å². The van der Waals surface area contributed by atoms with Gasteiger partial charge in [-0.1, -0.05) is 11.6 Å². The number of likely N-dealkylation sites (tertiary alicyclic amines) is 1. The van der Waals surface area contributed by atoms with Crippen molar-refractivity contribution in [1.29, 1.82) is 0 Å². The van der Waals surface area contributed by atoms with E-state index in [0.717, 1.165) is 24.9 Å². The van der Waals surface area contributed by atoms with Crippen LogP contribution in [0.1, 0.15) is 12.8 Å². The lowest BCUT2D eigenvalue weighted by Crippen LogP contribution is -2.47. The topological polar surface area (TPSA) is 99.8 Å². The molecule has 5 heterocycles. The number of carbonyl (C=O) groups is 1. The van der Waals surface area contributed by atoms with Crippen LogP contribution in [0.4, 0.5) is 10.6 Å². The SMILES string of the molecule is O=C(O)N1CCCC2CN(c3nc4ncc(Cl)cc4n4cnnc34)CC21. The Kier molecular flexibility index (Phi) is 3.39. The lowest BCUT2D eigenvalue weighted by atomic mass is 9.92. The molecule has 2 unspecified atom stereocenters. The summed E-state index contributed by atoms with van der Waals surface area (Å²) in [5, 5.41) is 18.3. The molecule has 0 spiro atoms. The second kappa shape index (κ2) is 5.66. The molecule has 5 rings (SSSR count). The number of amides is 1. The molecule has 1 N–H and O–H groups in total. The summed E-state index contributed by atoms with van der Waals surface area (Å²) in [5.41, 5.74) is 1.92. The van der Waals surface area contributed by atoms with Crippen molar-refractivity contribution in [2.24, 2.45) is 5.92 Å². The number of carboxylic acid groups (broad SMARTS) is 1. The van der Waals surface area contributed by atoms with Gasteiger partial charge in [-0.15, -0.1) is 10.2 Å². The third kappa shape index (κ3) is 2.27. The molecule has 0 radical (unpaired) electrons. The first-order valence-corrected chi connectivity index (χ1v) is 8.89. The fraction of sp³-hybridized carbons (Fsp3) is 0.438. The lowest BCUT2D eigenvalue weighted by molar-refractivity contribution is 0.0965. The number of aromatic nitrogens is 5. The minimum absolute atomic E-state index is 0.0140. The Bertz CT molecular complexity index is 1020. The van der Waals surface area contributed by atoms with Gasteiger partial charge in [0, 0.05) is 25.8 Å². The molecule has 3 aromatic heterocycles. The highest BCUT2D eigenvalue weighted by Crippen LogP contribution is 2.34. The highest BCUT2D eigenvalue weighted by atomic mass is 35.5. The van der Waals surface area contributed by atoms with Crippen LogP contribution in [0.5, 0.6) is 0 Å². The Hall–Kier alpha value is -2.68.